The van der Waals surface area contributed by atoms with Gasteiger partial charge >= 0.3 is 0 Å². The first-order chi connectivity index (χ1) is 9.74. The van der Waals surface area contributed by atoms with E-state index in [0.717, 1.165) is 21.3 Å². The zero-order valence-electron chi connectivity index (χ0n) is 11.8. The zero-order valence-corrected chi connectivity index (χ0v) is 12.6. The molecule has 20 heavy (non-hydrogen) atoms. The molecule has 0 fully saturated rings. The fourth-order valence-electron chi connectivity index (χ4n) is 2.16. The molecule has 0 aromatic heterocycles. The van der Waals surface area contributed by atoms with Crippen molar-refractivity contribution in [3.05, 3.63) is 48.0 Å². The second-order valence-corrected chi connectivity index (χ2v) is 6.19. The molecule has 3 heteroatoms. The minimum atomic E-state index is 0.505. The zero-order chi connectivity index (χ0) is 13.9. The molecule has 1 heterocycles. The summed E-state index contributed by atoms with van der Waals surface area (Å²) < 4.78 is 11.7. The molecule has 104 valence electrons. The first kappa shape index (κ1) is 13.4. The van der Waals surface area contributed by atoms with Gasteiger partial charge in [-0.15, -0.1) is 0 Å². The van der Waals surface area contributed by atoms with E-state index in [1.54, 1.807) is 11.8 Å². The Morgan fingerprint density at radius 3 is 2.40 bits per heavy atom. The molecule has 0 aliphatic carbocycles. The number of hydrogen-bond acceptors (Lipinski definition) is 3. The van der Waals surface area contributed by atoms with E-state index in [0.29, 0.717) is 19.1 Å². The molecular weight excluding hydrogens is 268 g/mol. The molecule has 0 bridgehead atoms. The quantitative estimate of drug-likeness (QED) is 0.755. The fourth-order valence-corrected chi connectivity index (χ4v) is 3.12. The maximum absolute atomic E-state index is 5.88. The highest BCUT2D eigenvalue weighted by molar-refractivity contribution is 7.99. The molecule has 0 saturated carbocycles. The van der Waals surface area contributed by atoms with Gasteiger partial charge in [-0.3, -0.25) is 0 Å². The lowest BCUT2D eigenvalue weighted by atomic mass is 10.0. The number of para-hydroxylation sites is 1. The van der Waals surface area contributed by atoms with Gasteiger partial charge in [0.15, 0.2) is 0 Å². The van der Waals surface area contributed by atoms with Crippen LogP contribution in [0.4, 0.5) is 0 Å². The maximum atomic E-state index is 5.88. The molecule has 2 aromatic rings. The molecular formula is C17H18O2S. The summed E-state index contributed by atoms with van der Waals surface area (Å²) in [5.41, 5.74) is 1.30. The van der Waals surface area contributed by atoms with Gasteiger partial charge in [0.05, 0.1) is 9.79 Å². The molecule has 0 N–H and O–H groups in total. The van der Waals surface area contributed by atoms with E-state index < -0.39 is 0 Å². The van der Waals surface area contributed by atoms with Crippen LogP contribution in [0.15, 0.2) is 52.3 Å². The van der Waals surface area contributed by atoms with Crippen LogP contribution in [0.1, 0.15) is 25.3 Å². The Balaban J connectivity index is 2.01. The van der Waals surface area contributed by atoms with Crippen molar-refractivity contribution in [1.82, 2.24) is 0 Å². The predicted octanol–water partition coefficient (Wildman–Crippen LogP) is 4.73. The van der Waals surface area contributed by atoms with E-state index >= 15 is 0 Å². The van der Waals surface area contributed by atoms with Crippen LogP contribution in [0, 0.1) is 0 Å². The summed E-state index contributed by atoms with van der Waals surface area (Å²) in [5.74, 6) is 2.40. The van der Waals surface area contributed by atoms with Gasteiger partial charge in [-0.2, -0.15) is 0 Å². The Kier molecular flexibility index (Phi) is 3.88. The van der Waals surface area contributed by atoms with Gasteiger partial charge < -0.3 is 9.47 Å². The number of fused-ring (bicyclic) bond motifs is 2. The van der Waals surface area contributed by atoms with Crippen molar-refractivity contribution in [2.24, 2.45) is 0 Å². The van der Waals surface area contributed by atoms with Gasteiger partial charge in [0.2, 0.25) is 0 Å². The summed E-state index contributed by atoms with van der Waals surface area (Å²) in [6.07, 6.45) is 0. The van der Waals surface area contributed by atoms with Crippen LogP contribution >= 0.6 is 11.8 Å². The monoisotopic (exact) mass is 286 g/mol. The highest BCUT2D eigenvalue weighted by Crippen LogP contribution is 2.41. The average Bonchev–Trinajstić information content (AvgIpc) is 2.54. The van der Waals surface area contributed by atoms with Crippen LogP contribution in [0.25, 0.3) is 0 Å². The smallest absolute Gasteiger partial charge is 0.133 e. The van der Waals surface area contributed by atoms with Crippen molar-refractivity contribution in [2.45, 2.75) is 29.6 Å². The van der Waals surface area contributed by atoms with E-state index in [-0.39, 0.29) is 0 Å². The second-order valence-electron chi connectivity index (χ2n) is 5.11. The molecule has 1 aliphatic heterocycles. The van der Waals surface area contributed by atoms with Crippen LogP contribution in [0.5, 0.6) is 11.5 Å². The summed E-state index contributed by atoms with van der Waals surface area (Å²) in [6, 6.07) is 14.6. The highest BCUT2D eigenvalue weighted by atomic mass is 32.2. The lowest BCUT2D eigenvalue weighted by molar-refractivity contribution is 0.212. The fraction of sp³-hybridized carbons (Fsp3) is 0.294. The first-order valence-corrected chi connectivity index (χ1v) is 7.72. The SMILES string of the molecule is CC(C)c1ccc2c(c1)OCCOc1ccccc1S2. The third-order valence-corrected chi connectivity index (χ3v) is 4.42. The van der Waals surface area contributed by atoms with Gasteiger partial charge in [0.1, 0.15) is 24.7 Å². The van der Waals surface area contributed by atoms with Crippen LogP contribution in [-0.2, 0) is 0 Å². The Hall–Kier alpha value is -1.61. The number of benzene rings is 2. The summed E-state index contributed by atoms with van der Waals surface area (Å²) >= 11 is 1.70. The van der Waals surface area contributed by atoms with Gasteiger partial charge in [-0.25, -0.2) is 0 Å². The Morgan fingerprint density at radius 1 is 0.900 bits per heavy atom. The molecule has 0 saturated heterocycles. The van der Waals surface area contributed by atoms with Crippen molar-refractivity contribution >= 4 is 11.8 Å². The Morgan fingerprint density at radius 2 is 1.60 bits per heavy atom. The Bertz CT molecular complexity index is 608. The van der Waals surface area contributed by atoms with Crippen LogP contribution in [-0.4, -0.2) is 13.2 Å². The van der Waals surface area contributed by atoms with Gasteiger partial charge in [-0.1, -0.05) is 43.8 Å². The molecule has 2 aromatic carbocycles. The minimum absolute atomic E-state index is 0.505. The molecule has 0 radical (unpaired) electrons. The van der Waals surface area contributed by atoms with E-state index in [4.69, 9.17) is 9.47 Å². The standard InChI is InChI=1S/C17H18O2S/c1-12(2)13-7-8-17-15(11-13)19-10-9-18-14-5-3-4-6-16(14)20-17/h3-8,11-12H,9-10H2,1-2H3. The van der Waals surface area contributed by atoms with Gasteiger partial charge in [0, 0.05) is 0 Å². The third-order valence-electron chi connectivity index (χ3n) is 3.30. The minimum Gasteiger partial charge on any atom is -0.489 e. The van der Waals surface area contributed by atoms with E-state index in [2.05, 4.69) is 38.1 Å². The van der Waals surface area contributed by atoms with Crippen molar-refractivity contribution in [3.8, 4) is 11.5 Å². The van der Waals surface area contributed by atoms with Crippen LogP contribution in [0.2, 0.25) is 0 Å². The average molecular weight is 286 g/mol. The number of rotatable bonds is 1. The summed E-state index contributed by atoms with van der Waals surface area (Å²) in [5, 5.41) is 0. The van der Waals surface area contributed by atoms with E-state index in [1.807, 2.05) is 18.2 Å². The molecule has 0 amide bonds. The Labute approximate surface area is 124 Å². The van der Waals surface area contributed by atoms with Gasteiger partial charge in [0.25, 0.3) is 0 Å². The molecule has 0 unspecified atom stereocenters. The summed E-state index contributed by atoms with van der Waals surface area (Å²) in [6.45, 7) is 5.54. The summed E-state index contributed by atoms with van der Waals surface area (Å²) in [4.78, 5) is 2.28. The van der Waals surface area contributed by atoms with Crippen LogP contribution in [0.3, 0.4) is 0 Å². The lowest BCUT2D eigenvalue weighted by Gasteiger charge is -2.12. The highest BCUT2D eigenvalue weighted by Gasteiger charge is 2.14. The number of ether oxygens (including phenoxy) is 2. The third kappa shape index (κ3) is 2.78. The van der Waals surface area contributed by atoms with E-state index in [1.165, 1.54) is 5.56 Å². The van der Waals surface area contributed by atoms with E-state index in [9.17, 15) is 0 Å². The van der Waals surface area contributed by atoms with Crippen molar-refractivity contribution < 1.29 is 9.47 Å². The largest absolute Gasteiger partial charge is 0.489 e. The lowest BCUT2D eigenvalue weighted by Crippen LogP contribution is -2.09. The molecule has 0 spiro atoms. The van der Waals surface area contributed by atoms with Crippen molar-refractivity contribution in [1.29, 1.82) is 0 Å². The first-order valence-electron chi connectivity index (χ1n) is 6.90. The number of hydrogen-bond donors (Lipinski definition) is 0. The molecule has 0 atom stereocenters. The summed E-state index contributed by atoms with van der Waals surface area (Å²) in [7, 11) is 0. The van der Waals surface area contributed by atoms with Crippen molar-refractivity contribution in [3.63, 3.8) is 0 Å². The molecule has 2 nitrogen and oxygen atoms in total. The van der Waals surface area contributed by atoms with Crippen molar-refractivity contribution in [2.75, 3.05) is 13.2 Å². The van der Waals surface area contributed by atoms with Gasteiger partial charge in [-0.05, 0) is 35.7 Å². The molecule has 1 aliphatic rings. The maximum Gasteiger partial charge on any atom is 0.133 e. The predicted molar refractivity (Wildman–Crippen MR) is 82.1 cm³/mol. The normalized spacial score (nSPS) is 14.2. The van der Waals surface area contributed by atoms with Crippen LogP contribution < -0.4 is 9.47 Å². The molecule has 3 rings (SSSR count). The second kappa shape index (κ2) is 5.80. The topological polar surface area (TPSA) is 18.5 Å².